The van der Waals surface area contributed by atoms with E-state index in [9.17, 15) is 0 Å². The lowest BCUT2D eigenvalue weighted by Crippen LogP contribution is -2.23. The fourth-order valence-corrected chi connectivity index (χ4v) is 1.63. The van der Waals surface area contributed by atoms with E-state index in [4.69, 9.17) is 5.26 Å². The third kappa shape index (κ3) is 3.66. The second kappa shape index (κ2) is 7.08. The molecule has 0 aliphatic carbocycles. The van der Waals surface area contributed by atoms with Gasteiger partial charge in [0.15, 0.2) is 0 Å². The van der Waals surface area contributed by atoms with Crippen molar-refractivity contribution in [3.63, 3.8) is 0 Å². The summed E-state index contributed by atoms with van der Waals surface area (Å²) in [4.78, 5) is 2.15. The maximum atomic E-state index is 8.58. The largest absolute Gasteiger partial charge is 0.364 e. The van der Waals surface area contributed by atoms with Crippen LogP contribution in [-0.4, -0.2) is 13.1 Å². The van der Waals surface area contributed by atoms with Crippen LogP contribution in [0.5, 0.6) is 0 Å². The highest BCUT2D eigenvalue weighted by Gasteiger charge is 2.05. The molecule has 0 N–H and O–H groups in total. The molecule has 0 atom stereocenters. The molecule has 0 radical (unpaired) electrons. The van der Waals surface area contributed by atoms with Crippen molar-refractivity contribution in [2.45, 2.75) is 0 Å². The molecule has 0 spiro atoms. The molecule has 17 heavy (non-hydrogen) atoms. The maximum absolute atomic E-state index is 8.58. The fourth-order valence-electron chi connectivity index (χ4n) is 1.63. The number of benzene rings is 1. The van der Waals surface area contributed by atoms with Crippen molar-refractivity contribution in [3.05, 3.63) is 61.2 Å². The molecule has 1 aromatic rings. The van der Waals surface area contributed by atoms with Crippen LogP contribution in [0.3, 0.4) is 0 Å². The minimum atomic E-state index is 0.753. The Morgan fingerprint density at radius 2 is 1.82 bits per heavy atom. The van der Waals surface area contributed by atoms with Crippen molar-refractivity contribution in [2.24, 2.45) is 0 Å². The molecular weight excluding hydrogens is 208 g/mol. The molecule has 0 saturated heterocycles. The summed E-state index contributed by atoms with van der Waals surface area (Å²) in [6, 6.07) is 9.97. The highest BCUT2D eigenvalue weighted by molar-refractivity contribution is 5.69. The zero-order valence-electron chi connectivity index (χ0n) is 9.84. The minimum absolute atomic E-state index is 0.753. The topological polar surface area (TPSA) is 27.0 Å². The Hall–Kier alpha value is -2.27. The van der Waals surface area contributed by atoms with Crippen LogP contribution in [0.15, 0.2) is 55.7 Å². The van der Waals surface area contributed by atoms with Crippen molar-refractivity contribution in [1.29, 1.82) is 5.26 Å². The standard InChI is InChI=1S/C15H16N2/c1-3-12-17(13-4-2)15-10-6-5-8-14(15)9-7-11-16/h3-10H,1-2,12-13H2. The van der Waals surface area contributed by atoms with E-state index in [1.54, 1.807) is 0 Å². The summed E-state index contributed by atoms with van der Waals surface area (Å²) in [5.41, 5.74) is 2.11. The van der Waals surface area contributed by atoms with Gasteiger partial charge in [0.2, 0.25) is 0 Å². The molecule has 2 heteroatoms. The molecule has 0 saturated carbocycles. The molecule has 1 aromatic carbocycles. The first kappa shape index (κ1) is 12.8. The van der Waals surface area contributed by atoms with Crippen molar-refractivity contribution in [2.75, 3.05) is 18.0 Å². The first-order chi connectivity index (χ1) is 8.33. The first-order valence-electron chi connectivity index (χ1n) is 5.45. The number of hydrogen-bond donors (Lipinski definition) is 0. The molecule has 0 fully saturated rings. The van der Waals surface area contributed by atoms with Gasteiger partial charge in [0.25, 0.3) is 0 Å². The van der Waals surface area contributed by atoms with Crippen LogP contribution < -0.4 is 4.90 Å². The van der Waals surface area contributed by atoms with Gasteiger partial charge in [-0.3, -0.25) is 0 Å². The summed E-state index contributed by atoms with van der Waals surface area (Å²) in [6.45, 7) is 9.01. The van der Waals surface area contributed by atoms with Crippen LogP contribution in [0.25, 0.3) is 6.08 Å². The van der Waals surface area contributed by atoms with E-state index in [1.807, 2.05) is 48.6 Å². The van der Waals surface area contributed by atoms with Gasteiger partial charge in [-0.15, -0.1) is 13.2 Å². The van der Waals surface area contributed by atoms with Gasteiger partial charge >= 0.3 is 0 Å². The van der Waals surface area contributed by atoms with Crippen molar-refractivity contribution >= 4 is 11.8 Å². The van der Waals surface area contributed by atoms with E-state index in [0.29, 0.717) is 0 Å². The minimum Gasteiger partial charge on any atom is -0.364 e. The number of rotatable bonds is 6. The Bertz CT molecular complexity index is 442. The zero-order chi connectivity index (χ0) is 12.5. The van der Waals surface area contributed by atoms with Crippen molar-refractivity contribution in [3.8, 4) is 6.07 Å². The Labute approximate surface area is 103 Å². The molecule has 0 bridgehead atoms. The Balaban J connectivity index is 3.08. The smallest absolute Gasteiger partial charge is 0.0912 e. The van der Waals surface area contributed by atoms with E-state index in [1.165, 1.54) is 6.08 Å². The summed E-state index contributed by atoms with van der Waals surface area (Å²) < 4.78 is 0. The number of allylic oxidation sites excluding steroid dienone is 1. The summed E-state index contributed by atoms with van der Waals surface area (Å²) in [5, 5.41) is 8.58. The van der Waals surface area contributed by atoms with Crippen LogP contribution in [0.4, 0.5) is 5.69 Å². The van der Waals surface area contributed by atoms with Gasteiger partial charge in [0.1, 0.15) is 0 Å². The average Bonchev–Trinajstić information content (AvgIpc) is 2.36. The van der Waals surface area contributed by atoms with E-state index in [2.05, 4.69) is 18.1 Å². The van der Waals surface area contributed by atoms with E-state index in [-0.39, 0.29) is 0 Å². The van der Waals surface area contributed by atoms with Gasteiger partial charge in [-0.05, 0) is 17.7 Å². The Morgan fingerprint density at radius 3 is 2.41 bits per heavy atom. The lowest BCUT2D eigenvalue weighted by atomic mass is 10.1. The highest BCUT2D eigenvalue weighted by atomic mass is 15.1. The van der Waals surface area contributed by atoms with Crippen LogP contribution >= 0.6 is 0 Å². The van der Waals surface area contributed by atoms with Gasteiger partial charge in [-0.25, -0.2) is 0 Å². The van der Waals surface area contributed by atoms with E-state index in [0.717, 1.165) is 24.3 Å². The number of nitriles is 1. The second-order valence-corrected chi connectivity index (χ2v) is 3.50. The number of hydrogen-bond acceptors (Lipinski definition) is 2. The normalized spacial score (nSPS) is 9.82. The van der Waals surface area contributed by atoms with Gasteiger partial charge < -0.3 is 4.90 Å². The Morgan fingerprint density at radius 1 is 1.18 bits per heavy atom. The maximum Gasteiger partial charge on any atom is 0.0912 e. The Kier molecular flexibility index (Phi) is 5.33. The lowest BCUT2D eigenvalue weighted by Gasteiger charge is -2.23. The molecule has 86 valence electrons. The zero-order valence-corrected chi connectivity index (χ0v) is 9.84. The molecule has 0 aromatic heterocycles. The van der Waals surface area contributed by atoms with Gasteiger partial charge in [-0.1, -0.05) is 30.4 Å². The van der Waals surface area contributed by atoms with Crippen LogP contribution in [-0.2, 0) is 0 Å². The average molecular weight is 224 g/mol. The number of para-hydroxylation sites is 1. The molecule has 1 rings (SSSR count). The fraction of sp³-hybridized carbons (Fsp3) is 0.133. The highest BCUT2D eigenvalue weighted by Crippen LogP contribution is 2.21. The monoisotopic (exact) mass is 224 g/mol. The summed E-state index contributed by atoms with van der Waals surface area (Å²) in [6.07, 6.45) is 7.01. The third-order valence-corrected chi connectivity index (χ3v) is 2.31. The molecule has 0 amide bonds. The molecule has 0 heterocycles. The summed E-state index contributed by atoms with van der Waals surface area (Å²) >= 11 is 0. The van der Waals surface area contributed by atoms with Crippen LogP contribution in [0, 0.1) is 11.3 Å². The van der Waals surface area contributed by atoms with E-state index < -0.39 is 0 Å². The molecule has 0 unspecified atom stereocenters. The predicted molar refractivity (Wildman–Crippen MR) is 73.7 cm³/mol. The van der Waals surface area contributed by atoms with Crippen molar-refractivity contribution < 1.29 is 0 Å². The van der Waals surface area contributed by atoms with Gasteiger partial charge in [0.05, 0.1) is 6.07 Å². The number of anilines is 1. The van der Waals surface area contributed by atoms with Crippen molar-refractivity contribution in [1.82, 2.24) is 0 Å². The first-order valence-corrected chi connectivity index (χ1v) is 5.45. The molecular formula is C15H16N2. The quantitative estimate of drug-likeness (QED) is 0.547. The van der Waals surface area contributed by atoms with E-state index >= 15 is 0 Å². The molecule has 0 aliphatic rings. The van der Waals surface area contributed by atoms with Gasteiger partial charge in [0, 0.05) is 24.9 Å². The summed E-state index contributed by atoms with van der Waals surface area (Å²) in [7, 11) is 0. The molecule has 2 nitrogen and oxygen atoms in total. The van der Waals surface area contributed by atoms with Gasteiger partial charge in [-0.2, -0.15) is 5.26 Å². The SMILES string of the molecule is C=CCN(CC=C)c1ccccc1C=CC#N. The second-order valence-electron chi connectivity index (χ2n) is 3.50. The predicted octanol–water partition coefficient (Wildman–Crippen LogP) is 3.40. The number of nitrogens with zero attached hydrogens (tertiary/aromatic N) is 2. The summed E-state index contributed by atoms with van der Waals surface area (Å²) in [5.74, 6) is 0. The third-order valence-electron chi connectivity index (χ3n) is 2.31. The van der Waals surface area contributed by atoms with Crippen LogP contribution in [0.2, 0.25) is 0 Å². The molecule has 0 aliphatic heterocycles. The lowest BCUT2D eigenvalue weighted by molar-refractivity contribution is 0.955. The van der Waals surface area contributed by atoms with Crippen LogP contribution in [0.1, 0.15) is 5.56 Å².